The normalized spacial score (nSPS) is 17.7. The Bertz CT molecular complexity index is 235. The van der Waals surface area contributed by atoms with E-state index in [4.69, 9.17) is 0 Å². The van der Waals surface area contributed by atoms with Crippen LogP contribution in [-0.2, 0) is 9.59 Å². The van der Waals surface area contributed by atoms with Crippen LogP contribution in [0, 0.1) is 0 Å². The lowest BCUT2D eigenvalue weighted by atomic mass is 10.2. The van der Waals surface area contributed by atoms with E-state index < -0.39 is 0 Å². The van der Waals surface area contributed by atoms with E-state index >= 15 is 0 Å². The predicted octanol–water partition coefficient (Wildman–Crippen LogP) is 1.88. The lowest BCUT2D eigenvalue weighted by Gasteiger charge is -2.17. The lowest BCUT2D eigenvalue weighted by molar-refractivity contribution is -0.144. The van der Waals surface area contributed by atoms with Gasteiger partial charge < -0.3 is 0 Å². The smallest absolute Gasteiger partial charge is 0.229 e. The van der Waals surface area contributed by atoms with Crippen LogP contribution in [0.25, 0.3) is 0 Å². The van der Waals surface area contributed by atoms with Gasteiger partial charge in [-0.05, 0) is 19.3 Å². The maximum atomic E-state index is 11.6. The monoisotopic (exact) mass is 195 g/mol. The molecule has 0 unspecified atom stereocenters. The Morgan fingerprint density at radius 2 is 2.21 bits per heavy atom. The molecule has 78 valence electrons. The number of nitrogens with zero attached hydrogens (tertiary/aromatic N) is 1. The highest BCUT2D eigenvalue weighted by molar-refractivity contribution is 5.95. The van der Waals surface area contributed by atoms with Gasteiger partial charge in [-0.3, -0.25) is 14.5 Å². The van der Waals surface area contributed by atoms with Crippen molar-refractivity contribution in [1.82, 2.24) is 4.90 Å². The molecule has 3 nitrogen and oxygen atoms in total. The van der Waals surface area contributed by atoms with Crippen LogP contribution in [-0.4, -0.2) is 23.3 Å². The van der Waals surface area contributed by atoms with E-state index in [1.54, 1.807) is 6.08 Å². The van der Waals surface area contributed by atoms with Gasteiger partial charge in [0.25, 0.3) is 0 Å². The molecular weight excluding hydrogens is 178 g/mol. The van der Waals surface area contributed by atoms with Crippen molar-refractivity contribution in [1.29, 1.82) is 0 Å². The second kappa shape index (κ2) is 5.58. The zero-order chi connectivity index (χ0) is 10.4. The fourth-order valence-electron chi connectivity index (χ4n) is 1.61. The minimum Gasteiger partial charge on any atom is -0.283 e. The minimum absolute atomic E-state index is 0.00318. The van der Waals surface area contributed by atoms with Gasteiger partial charge in [-0.15, -0.1) is 6.58 Å². The number of rotatable bonds is 3. The maximum absolute atomic E-state index is 11.6. The molecular formula is C11H17NO2. The van der Waals surface area contributed by atoms with Crippen molar-refractivity contribution in [2.45, 2.75) is 38.5 Å². The number of hydrogen-bond acceptors (Lipinski definition) is 2. The van der Waals surface area contributed by atoms with E-state index in [2.05, 4.69) is 6.58 Å². The highest BCUT2D eigenvalue weighted by Crippen LogP contribution is 2.12. The van der Waals surface area contributed by atoms with Crippen LogP contribution in [0.15, 0.2) is 12.7 Å². The highest BCUT2D eigenvalue weighted by atomic mass is 16.2. The summed E-state index contributed by atoms with van der Waals surface area (Å²) in [6.45, 7) is 4.17. The quantitative estimate of drug-likeness (QED) is 0.645. The van der Waals surface area contributed by atoms with E-state index in [0.717, 1.165) is 19.3 Å². The van der Waals surface area contributed by atoms with E-state index in [-0.39, 0.29) is 11.8 Å². The molecule has 0 aromatic heterocycles. The molecule has 1 aliphatic rings. The first kappa shape index (κ1) is 11.0. The van der Waals surface area contributed by atoms with Crippen LogP contribution < -0.4 is 0 Å². The molecule has 2 amide bonds. The number of carbonyl (C=O) groups is 2. The molecule has 1 saturated heterocycles. The van der Waals surface area contributed by atoms with Crippen LogP contribution in [0.3, 0.4) is 0 Å². The summed E-state index contributed by atoms with van der Waals surface area (Å²) in [5.74, 6) is -0.0478. The topological polar surface area (TPSA) is 37.4 Å². The van der Waals surface area contributed by atoms with E-state index in [9.17, 15) is 9.59 Å². The van der Waals surface area contributed by atoms with Crippen molar-refractivity contribution in [2.75, 3.05) is 6.54 Å². The van der Waals surface area contributed by atoms with Gasteiger partial charge in [0.1, 0.15) is 0 Å². The maximum Gasteiger partial charge on any atom is 0.229 e. The van der Waals surface area contributed by atoms with Gasteiger partial charge in [-0.2, -0.15) is 0 Å². The van der Waals surface area contributed by atoms with Crippen LogP contribution in [0.5, 0.6) is 0 Å². The van der Waals surface area contributed by atoms with Gasteiger partial charge in [-0.25, -0.2) is 0 Å². The lowest BCUT2D eigenvalue weighted by Crippen LogP contribution is -2.36. The number of allylic oxidation sites excluding steroid dienone is 1. The van der Waals surface area contributed by atoms with Crippen LogP contribution in [0.1, 0.15) is 38.5 Å². The van der Waals surface area contributed by atoms with E-state index in [0.29, 0.717) is 25.8 Å². The third kappa shape index (κ3) is 2.98. The Balaban J connectivity index is 2.50. The van der Waals surface area contributed by atoms with Crippen molar-refractivity contribution in [3.8, 4) is 0 Å². The SMILES string of the molecule is C=CCCC(=O)N1CCCCCC1=O. The molecule has 0 bridgehead atoms. The molecule has 1 rings (SSSR count). The number of hydrogen-bond donors (Lipinski definition) is 0. The third-order valence-electron chi connectivity index (χ3n) is 2.44. The standard InChI is InChI=1S/C11H17NO2/c1-2-3-7-10(13)12-9-6-4-5-8-11(12)14/h2H,1,3-9H2. The zero-order valence-corrected chi connectivity index (χ0v) is 8.50. The van der Waals surface area contributed by atoms with Gasteiger partial charge in [0.2, 0.25) is 11.8 Å². The second-order valence-corrected chi connectivity index (χ2v) is 3.58. The number of amides is 2. The minimum atomic E-state index is -0.0446. The number of imide groups is 1. The van der Waals surface area contributed by atoms with Crippen molar-refractivity contribution >= 4 is 11.8 Å². The summed E-state index contributed by atoms with van der Waals surface area (Å²) in [4.78, 5) is 24.5. The molecule has 0 N–H and O–H groups in total. The van der Waals surface area contributed by atoms with E-state index in [1.165, 1.54) is 4.90 Å². The fourth-order valence-corrected chi connectivity index (χ4v) is 1.61. The summed E-state index contributed by atoms with van der Waals surface area (Å²) in [7, 11) is 0. The first-order chi connectivity index (χ1) is 6.75. The van der Waals surface area contributed by atoms with Crippen LogP contribution in [0.4, 0.5) is 0 Å². The Morgan fingerprint density at radius 3 is 2.93 bits per heavy atom. The first-order valence-electron chi connectivity index (χ1n) is 5.20. The molecule has 0 aliphatic carbocycles. The number of likely N-dealkylation sites (tertiary alicyclic amines) is 1. The summed E-state index contributed by atoms with van der Waals surface area (Å²) in [6.07, 6.45) is 6.23. The summed E-state index contributed by atoms with van der Waals surface area (Å²) >= 11 is 0. The average Bonchev–Trinajstić information content (AvgIpc) is 2.39. The fraction of sp³-hybridized carbons (Fsp3) is 0.636. The molecule has 1 fully saturated rings. The molecule has 14 heavy (non-hydrogen) atoms. The van der Waals surface area contributed by atoms with Gasteiger partial charge >= 0.3 is 0 Å². The van der Waals surface area contributed by atoms with Gasteiger partial charge in [0.05, 0.1) is 0 Å². The van der Waals surface area contributed by atoms with Gasteiger partial charge in [-0.1, -0.05) is 12.5 Å². The van der Waals surface area contributed by atoms with Crippen molar-refractivity contribution in [3.63, 3.8) is 0 Å². The zero-order valence-electron chi connectivity index (χ0n) is 8.50. The first-order valence-corrected chi connectivity index (χ1v) is 5.20. The Morgan fingerprint density at radius 1 is 1.43 bits per heavy atom. The van der Waals surface area contributed by atoms with Gasteiger partial charge in [0, 0.05) is 19.4 Å². The van der Waals surface area contributed by atoms with Gasteiger partial charge in [0.15, 0.2) is 0 Å². The summed E-state index contributed by atoms with van der Waals surface area (Å²) in [6, 6.07) is 0. The Kier molecular flexibility index (Phi) is 4.36. The summed E-state index contributed by atoms with van der Waals surface area (Å²) in [5.41, 5.74) is 0. The van der Waals surface area contributed by atoms with Crippen molar-refractivity contribution in [3.05, 3.63) is 12.7 Å². The average molecular weight is 195 g/mol. The molecule has 0 aromatic rings. The Labute approximate surface area is 84.8 Å². The molecule has 0 radical (unpaired) electrons. The van der Waals surface area contributed by atoms with Crippen LogP contribution in [0.2, 0.25) is 0 Å². The largest absolute Gasteiger partial charge is 0.283 e. The second-order valence-electron chi connectivity index (χ2n) is 3.58. The highest BCUT2D eigenvalue weighted by Gasteiger charge is 2.21. The molecule has 1 aliphatic heterocycles. The van der Waals surface area contributed by atoms with Crippen LogP contribution >= 0.6 is 0 Å². The van der Waals surface area contributed by atoms with E-state index in [1.807, 2.05) is 0 Å². The van der Waals surface area contributed by atoms with Crippen molar-refractivity contribution < 1.29 is 9.59 Å². The van der Waals surface area contributed by atoms with Crippen molar-refractivity contribution in [2.24, 2.45) is 0 Å². The molecule has 0 spiro atoms. The third-order valence-corrected chi connectivity index (χ3v) is 2.44. The molecule has 1 heterocycles. The summed E-state index contributed by atoms with van der Waals surface area (Å²) < 4.78 is 0. The molecule has 0 aromatic carbocycles. The summed E-state index contributed by atoms with van der Waals surface area (Å²) in [5, 5.41) is 0. The Hall–Kier alpha value is -1.12. The number of carbonyl (C=O) groups excluding carboxylic acids is 2. The predicted molar refractivity (Wildman–Crippen MR) is 54.6 cm³/mol. The molecule has 0 atom stereocenters. The molecule has 3 heteroatoms. The molecule has 0 saturated carbocycles.